The molecule has 1 saturated carbocycles. The first kappa shape index (κ1) is 11.5. The molecule has 82 valence electrons. The van der Waals surface area contributed by atoms with Crippen molar-refractivity contribution in [3.05, 3.63) is 0 Å². The summed E-state index contributed by atoms with van der Waals surface area (Å²) in [6.45, 7) is 7.05. The van der Waals surface area contributed by atoms with E-state index in [4.69, 9.17) is 0 Å². The van der Waals surface area contributed by atoms with E-state index in [1.54, 1.807) is 0 Å². The fourth-order valence-corrected chi connectivity index (χ4v) is 2.09. The van der Waals surface area contributed by atoms with Crippen molar-refractivity contribution in [3.8, 4) is 0 Å². The van der Waals surface area contributed by atoms with Gasteiger partial charge in [0.15, 0.2) is 0 Å². The molecule has 0 aliphatic heterocycles. The van der Waals surface area contributed by atoms with Crippen LogP contribution in [0.25, 0.3) is 0 Å². The quantitative estimate of drug-likeness (QED) is 0.740. The topological polar surface area (TPSA) is 29.1 Å². The zero-order chi connectivity index (χ0) is 10.6. The van der Waals surface area contributed by atoms with Gasteiger partial charge in [-0.1, -0.05) is 40.0 Å². The number of amides is 1. The van der Waals surface area contributed by atoms with Gasteiger partial charge in [-0.2, -0.15) is 0 Å². The maximum Gasteiger partial charge on any atom is 0.222 e. The third-order valence-corrected chi connectivity index (χ3v) is 3.27. The number of rotatable bonds is 3. The van der Waals surface area contributed by atoms with E-state index in [-0.39, 0.29) is 11.8 Å². The van der Waals surface area contributed by atoms with Gasteiger partial charge in [0.1, 0.15) is 0 Å². The van der Waals surface area contributed by atoms with Crippen molar-refractivity contribution in [2.75, 3.05) is 6.54 Å². The van der Waals surface area contributed by atoms with Crippen molar-refractivity contribution in [1.29, 1.82) is 0 Å². The lowest BCUT2D eigenvalue weighted by Gasteiger charge is -2.33. The third-order valence-electron chi connectivity index (χ3n) is 3.27. The van der Waals surface area contributed by atoms with E-state index in [0.717, 1.165) is 6.54 Å². The Hall–Kier alpha value is -0.530. The lowest BCUT2D eigenvalue weighted by molar-refractivity contribution is -0.124. The van der Waals surface area contributed by atoms with Gasteiger partial charge in [0, 0.05) is 12.5 Å². The van der Waals surface area contributed by atoms with E-state index in [0.29, 0.717) is 5.41 Å². The van der Waals surface area contributed by atoms with Crippen LogP contribution < -0.4 is 5.32 Å². The van der Waals surface area contributed by atoms with Gasteiger partial charge in [0.2, 0.25) is 5.91 Å². The summed E-state index contributed by atoms with van der Waals surface area (Å²) in [6.07, 6.45) is 6.56. The minimum absolute atomic E-state index is 0.113. The van der Waals surface area contributed by atoms with Gasteiger partial charge in [-0.15, -0.1) is 0 Å². The van der Waals surface area contributed by atoms with Crippen molar-refractivity contribution in [2.24, 2.45) is 11.3 Å². The van der Waals surface area contributed by atoms with Crippen molar-refractivity contribution in [1.82, 2.24) is 5.32 Å². The van der Waals surface area contributed by atoms with Gasteiger partial charge in [-0.25, -0.2) is 0 Å². The second-order valence-corrected chi connectivity index (χ2v) is 5.24. The average Bonchev–Trinajstić information content (AvgIpc) is 2.15. The van der Waals surface area contributed by atoms with Crippen LogP contribution in [0.5, 0.6) is 0 Å². The highest BCUT2D eigenvalue weighted by atomic mass is 16.1. The van der Waals surface area contributed by atoms with Crippen LogP contribution in [-0.4, -0.2) is 12.5 Å². The van der Waals surface area contributed by atoms with Crippen LogP contribution in [0.1, 0.15) is 52.9 Å². The molecule has 0 radical (unpaired) electrons. The molecule has 1 rings (SSSR count). The molecule has 0 bridgehead atoms. The smallest absolute Gasteiger partial charge is 0.222 e. The first-order chi connectivity index (χ1) is 6.53. The van der Waals surface area contributed by atoms with Gasteiger partial charge in [-0.05, 0) is 18.3 Å². The highest BCUT2D eigenvalue weighted by molar-refractivity contribution is 5.77. The highest BCUT2D eigenvalue weighted by Gasteiger charge is 2.27. The second-order valence-electron chi connectivity index (χ2n) is 5.24. The Balaban J connectivity index is 2.32. The van der Waals surface area contributed by atoms with Crippen molar-refractivity contribution < 1.29 is 4.79 Å². The fraction of sp³-hybridized carbons (Fsp3) is 0.917. The van der Waals surface area contributed by atoms with Crippen LogP contribution in [0.2, 0.25) is 0 Å². The van der Waals surface area contributed by atoms with E-state index >= 15 is 0 Å². The minimum atomic E-state index is 0.113. The van der Waals surface area contributed by atoms with Crippen molar-refractivity contribution in [3.63, 3.8) is 0 Å². The summed E-state index contributed by atoms with van der Waals surface area (Å²) in [5, 5.41) is 3.05. The molecule has 2 heteroatoms. The first-order valence-electron chi connectivity index (χ1n) is 5.81. The molecule has 14 heavy (non-hydrogen) atoms. The molecule has 0 atom stereocenters. The zero-order valence-electron chi connectivity index (χ0n) is 9.73. The third kappa shape index (κ3) is 3.32. The highest BCUT2D eigenvalue weighted by Crippen LogP contribution is 2.34. The number of carbonyl (C=O) groups excluding carboxylic acids is 1. The van der Waals surface area contributed by atoms with Gasteiger partial charge in [-0.3, -0.25) is 4.79 Å². The number of hydrogen-bond donors (Lipinski definition) is 1. The zero-order valence-corrected chi connectivity index (χ0v) is 9.73. The SMILES string of the molecule is CC(C)C(=O)NCC1(C)CCCCC1. The summed E-state index contributed by atoms with van der Waals surface area (Å²) in [7, 11) is 0. The maximum atomic E-state index is 11.4. The minimum Gasteiger partial charge on any atom is -0.355 e. The Morgan fingerprint density at radius 1 is 1.29 bits per heavy atom. The molecular formula is C12H23NO. The van der Waals surface area contributed by atoms with E-state index in [9.17, 15) is 4.79 Å². The summed E-state index contributed by atoms with van der Waals surface area (Å²) in [6, 6.07) is 0. The van der Waals surface area contributed by atoms with Crippen LogP contribution in [0.4, 0.5) is 0 Å². The standard InChI is InChI=1S/C12H23NO/c1-10(2)11(14)13-9-12(3)7-5-4-6-8-12/h10H,4-9H2,1-3H3,(H,13,14). The second kappa shape index (κ2) is 4.81. The van der Waals surface area contributed by atoms with E-state index in [2.05, 4.69) is 12.2 Å². The largest absolute Gasteiger partial charge is 0.355 e. The maximum absolute atomic E-state index is 11.4. The van der Waals surface area contributed by atoms with Crippen LogP contribution in [0.3, 0.4) is 0 Å². The van der Waals surface area contributed by atoms with Gasteiger partial charge >= 0.3 is 0 Å². The van der Waals surface area contributed by atoms with Gasteiger partial charge in [0.05, 0.1) is 0 Å². The van der Waals surface area contributed by atoms with Crippen LogP contribution >= 0.6 is 0 Å². The molecule has 0 unspecified atom stereocenters. The molecule has 1 amide bonds. The lowest BCUT2D eigenvalue weighted by Crippen LogP contribution is -2.38. The Morgan fingerprint density at radius 2 is 1.86 bits per heavy atom. The van der Waals surface area contributed by atoms with E-state index < -0.39 is 0 Å². The molecule has 1 aliphatic rings. The average molecular weight is 197 g/mol. The normalized spacial score (nSPS) is 20.9. The summed E-state index contributed by atoms with van der Waals surface area (Å²) in [4.78, 5) is 11.4. The number of nitrogens with one attached hydrogen (secondary N) is 1. The molecule has 2 nitrogen and oxygen atoms in total. The summed E-state index contributed by atoms with van der Waals surface area (Å²) >= 11 is 0. The van der Waals surface area contributed by atoms with E-state index in [1.807, 2.05) is 13.8 Å². The Morgan fingerprint density at radius 3 is 2.36 bits per heavy atom. The first-order valence-corrected chi connectivity index (χ1v) is 5.81. The predicted octanol–water partition coefficient (Wildman–Crippen LogP) is 2.73. The van der Waals surface area contributed by atoms with Gasteiger partial charge < -0.3 is 5.32 Å². The van der Waals surface area contributed by atoms with Crippen molar-refractivity contribution in [2.45, 2.75) is 52.9 Å². The molecule has 1 N–H and O–H groups in total. The predicted molar refractivity (Wildman–Crippen MR) is 59.0 cm³/mol. The number of carbonyl (C=O) groups is 1. The molecule has 0 spiro atoms. The monoisotopic (exact) mass is 197 g/mol. The molecule has 0 aromatic carbocycles. The summed E-state index contributed by atoms with van der Waals surface area (Å²) in [5.41, 5.74) is 0.364. The summed E-state index contributed by atoms with van der Waals surface area (Å²) < 4.78 is 0. The Kier molecular flexibility index (Phi) is 3.97. The molecule has 1 fully saturated rings. The Bertz CT molecular complexity index is 192. The Labute approximate surface area is 87.5 Å². The van der Waals surface area contributed by atoms with Crippen molar-refractivity contribution >= 4 is 5.91 Å². The molecule has 0 heterocycles. The van der Waals surface area contributed by atoms with E-state index in [1.165, 1.54) is 32.1 Å². The summed E-state index contributed by atoms with van der Waals surface area (Å²) in [5.74, 6) is 0.305. The molecule has 0 saturated heterocycles. The molecule has 0 aromatic rings. The van der Waals surface area contributed by atoms with Crippen LogP contribution in [0.15, 0.2) is 0 Å². The van der Waals surface area contributed by atoms with Crippen LogP contribution in [0, 0.1) is 11.3 Å². The molecular weight excluding hydrogens is 174 g/mol. The molecule has 0 aromatic heterocycles. The van der Waals surface area contributed by atoms with Gasteiger partial charge in [0.25, 0.3) is 0 Å². The fourth-order valence-electron chi connectivity index (χ4n) is 2.09. The molecule has 1 aliphatic carbocycles. The lowest BCUT2D eigenvalue weighted by atomic mass is 9.75. The van der Waals surface area contributed by atoms with Crippen LogP contribution in [-0.2, 0) is 4.79 Å². The number of hydrogen-bond acceptors (Lipinski definition) is 1.